The number of rotatable bonds is 18. The van der Waals surface area contributed by atoms with Crippen LogP contribution in [0.15, 0.2) is 24.8 Å². The number of ether oxygens (including phenoxy) is 1. The van der Waals surface area contributed by atoms with Crippen LogP contribution in [0.2, 0.25) is 0 Å². The molecule has 0 aromatic heterocycles. The van der Waals surface area contributed by atoms with E-state index in [1.54, 1.807) is 0 Å². The number of unbranched alkanes of at least 4 members (excludes halogenated alkanes) is 10. The van der Waals surface area contributed by atoms with Crippen LogP contribution in [0, 0.1) is 0 Å². The molecule has 4 heteroatoms. The maximum Gasteiger partial charge on any atom is 0.331 e. The van der Waals surface area contributed by atoms with Gasteiger partial charge in [0.2, 0.25) is 0 Å². The van der Waals surface area contributed by atoms with Crippen molar-refractivity contribution in [2.24, 2.45) is 5.73 Å². The lowest BCUT2D eigenvalue weighted by molar-refractivity contribution is -0.164. The number of esters is 1. The van der Waals surface area contributed by atoms with E-state index in [1.807, 2.05) is 6.92 Å². The molecule has 0 radical (unpaired) electrons. The molecule has 0 aliphatic heterocycles. The Kier molecular flexibility index (Phi) is 15.6. The van der Waals surface area contributed by atoms with E-state index in [4.69, 9.17) is 10.5 Å². The Morgan fingerprint density at radius 3 is 1.89 bits per heavy atom. The number of nitrogens with two attached hydrogens (primary N) is 1. The van der Waals surface area contributed by atoms with Crippen LogP contribution in [0.25, 0.3) is 0 Å². The first kappa shape index (κ1) is 25.4. The van der Waals surface area contributed by atoms with Crippen LogP contribution in [0.3, 0.4) is 0 Å². The lowest BCUT2D eigenvalue weighted by Crippen LogP contribution is -2.47. The van der Waals surface area contributed by atoms with Gasteiger partial charge in [0.15, 0.2) is 5.60 Å². The Hall–Kier alpha value is -1.58. The molecule has 1 amide bonds. The number of carbonyl (C=O) groups excluding carboxylic acids is 2. The lowest BCUT2D eigenvalue weighted by Gasteiger charge is -2.28. The van der Waals surface area contributed by atoms with E-state index < -0.39 is 17.5 Å². The van der Waals surface area contributed by atoms with Crippen LogP contribution in [0.4, 0.5) is 0 Å². The first-order chi connectivity index (χ1) is 13.0. The summed E-state index contributed by atoms with van der Waals surface area (Å²) < 4.78 is 5.27. The molecule has 0 rings (SSSR count). The van der Waals surface area contributed by atoms with Crippen LogP contribution < -0.4 is 5.73 Å². The van der Waals surface area contributed by atoms with Crippen molar-refractivity contribution in [1.29, 1.82) is 0 Å². The Bertz CT molecular complexity index is 445. The molecule has 0 heterocycles. The Balaban J connectivity index is 3.81. The van der Waals surface area contributed by atoms with E-state index in [2.05, 4.69) is 25.7 Å². The summed E-state index contributed by atoms with van der Waals surface area (Å²) in [6, 6.07) is 0. The third kappa shape index (κ3) is 12.4. The summed E-state index contributed by atoms with van der Waals surface area (Å²) in [5.74, 6) is -1.16. The van der Waals surface area contributed by atoms with Crippen molar-refractivity contribution < 1.29 is 14.3 Å². The van der Waals surface area contributed by atoms with E-state index in [9.17, 15) is 9.59 Å². The molecule has 4 nitrogen and oxygen atoms in total. The van der Waals surface area contributed by atoms with Crippen molar-refractivity contribution in [1.82, 2.24) is 0 Å². The van der Waals surface area contributed by atoms with Crippen LogP contribution in [0.5, 0.6) is 0 Å². The smallest absolute Gasteiger partial charge is 0.331 e. The minimum absolute atomic E-state index is 0.392. The lowest BCUT2D eigenvalue weighted by atomic mass is 9.92. The molecule has 1 atom stereocenters. The first-order valence-corrected chi connectivity index (χ1v) is 10.8. The highest BCUT2D eigenvalue weighted by molar-refractivity contribution is 5.89. The van der Waals surface area contributed by atoms with Gasteiger partial charge in [-0.2, -0.15) is 0 Å². The zero-order chi connectivity index (χ0) is 20.4. The molecule has 0 bridgehead atoms. The number of hydrogen-bond acceptors (Lipinski definition) is 3. The first-order valence-electron chi connectivity index (χ1n) is 10.8. The minimum atomic E-state index is -1.19. The van der Waals surface area contributed by atoms with Gasteiger partial charge < -0.3 is 10.5 Å². The summed E-state index contributed by atoms with van der Waals surface area (Å²) in [6.07, 6.45) is 21.0. The number of primary amides is 1. The zero-order valence-electron chi connectivity index (χ0n) is 17.6. The van der Waals surface area contributed by atoms with E-state index in [1.165, 1.54) is 44.9 Å². The molecule has 0 saturated heterocycles. The van der Waals surface area contributed by atoms with Gasteiger partial charge in [0, 0.05) is 6.08 Å². The average Bonchev–Trinajstić information content (AvgIpc) is 2.66. The molecule has 156 valence electrons. The van der Waals surface area contributed by atoms with Gasteiger partial charge >= 0.3 is 5.97 Å². The number of amides is 1. The van der Waals surface area contributed by atoms with Gasteiger partial charge in [-0.15, -0.1) is 0 Å². The molecular weight excluding hydrogens is 338 g/mol. The molecule has 0 fully saturated rings. The second-order valence-electron chi connectivity index (χ2n) is 7.32. The summed E-state index contributed by atoms with van der Waals surface area (Å²) in [5, 5.41) is 0. The summed E-state index contributed by atoms with van der Waals surface area (Å²) in [4.78, 5) is 23.3. The zero-order valence-corrected chi connectivity index (χ0v) is 17.6. The monoisotopic (exact) mass is 379 g/mol. The number of carbonyl (C=O) groups is 2. The van der Waals surface area contributed by atoms with Crippen LogP contribution in [-0.4, -0.2) is 17.5 Å². The highest BCUT2D eigenvalue weighted by Crippen LogP contribution is 2.24. The standard InChI is InChI=1S/C23H41NO3/c1-4-7-8-9-10-11-12-13-14-15-16-17-18-19-20-23(6-3,22(24)26)27-21(25)5-2/h5,13-14H,2,4,6-12,15-20H2,1,3H3,(H2,24,26)/b14-13-. The van der Waals surface area contributed by atoms with E-state index in [0.717, 1.165) is 38.2 Å². The van der Waals surface area contributed by atoms with Crippen LogP contribution in [0.1, 0.15) is 104 Å². The van der Waals surface area contributed by atoms with Crippen molar-refractivity contribution >= 4 is 11.9 Å². The van der Waals surface area contributed by atoms with Crippen molar-refractivity contribution in [2.75, 3.05) is 0 Å². The van der Waals surface area contributed by atoms with Crippen molar-refractivity contribution in [2.45, 2.75) is 109 Å². The minimum Gasteiger partial charge on any atom is -0.446 e. The molecule has 0 aromatic carbocycles. The fraction of sp³-hybridized carbons (Fsp3) is 0.739. The summed E-state index contributed by atoms with van der Waals surface area (Å²) in [5.41, 5.74) is 4.29. The Morgan fingerprint density at radius 2 is 1.41 bits per heavy atom. The molecule has 0 spiro atoms. The molecule has 0 aromatic rings. The molecular formula is C23H41NO3. The van der Waals surface area contributed by atoms with E-state index in [0.29, 0.717) is 12.8 Å². The van der Waals surface area contributed by atoms with Crippen LogP contribution >= 0.6 is 0 Å². The number of allylic oxidation sites excluding steroid dienone is 2. The van der Waals surface area contributed by atoms with Gasteiger partial charge in [-0.3, -0.25) is 4.79 Å². The summed E-state index contributed by atoms with van der Waals surface area (Å²) in [6.45, 7) is 7.44. The van der Waals surface area contributed by atoms with Gasteiger partial charge in [-0.1, -0.05) is 77.5 Å². The van der Waals surface area contributed by atoms with Crippen molar-refractivity contribution in [3.05, 3.63) is 24.8 Å². The maximum atomic E-state index is 11.8. The predicted octanol–water partition coefficient (Wildman–Crippen LogP) is 6.00. The molecule has 0 aliphatic rings. The van der Waals surface area contributed by atoms with Gasteiger partial charge in [0.05, 0.1) is 0 Å². The maximum absolute atomic E-state index is 11.8. The van der Waals surface area contributed by atoms with Gasteiger partial charge in [-0.25, -0.2) is 4.79 Å². The number of hydrogen-bond donors (Lipinski definition) is 1. The highest BCUT2D eigenvalue weighted by Gasteiger charge is 2.37. The topological polar surface area (TPSA) is 69.4 Å². The molecule has 2 N–H and O–H groups in total. The quantitative estimate of drug-likeness (QED) is 0.137. The Labute approximate surface area is 166 Å². The van der Waals surface area contributed by atoms with Gasteiger partial charge in [-0.05, 0) is 44.9 Å². The van der Waals surface area contributed by atoms with Crippen molar-refractivity contribution in [3.63, 3.8) is 0 Å². The normalized spacial score (nSPS) is 13.4. The second-order valence-corrected chi connectivity index (χ2v) is 7.32. The fourth-order valence-electron chi connectivity index (χ4n) is 3.19. The van der Waals surface area contributed by atoms with Crippen molar-refractivity contribution in [3.8, 4) is 0 Å². The van der Waals surface area contributed by atoms with E-state index >= 15 is 0 Å². The summed E-state index contributed by atoms with van der Waals surface area (Å²) >= 11 is 0. The molecule has 27 heavy (non-hydrogen) atoms. The molecule has 0 aliphatic carbocycles. The Morgan fingerprint density at radius 1 is 0.889 bits per heavy atom. The van der Waals surface area contributed by atoms with Crippen LogP contribution in [-0.2, 0) is 14.3 Å². The van der Waals surface area contributed by atoms with Gasteiger partial charge in [0.1, 0.15) is 0 Å². The third-order valence-corrected chi connectivity index (χ3v) is 5.08. The van der Waals surface area contributed by atoms with Gasteiger partial charge in [0.25, 0.3) is 5.91 Å². The SMILES string of the molecule is C=CC(=O)OC(CC)(CCCCCC/C=C\CCCCCCCC)C(N)=O. The predicted molar refractivity (Wildman–Crippen MR) is 113 cm³/mol. The van der Waals surface area contributed by atoms with E-state index in [-0.39, 0.29) is 0 Å². The summed E-state index contributed by atoms with van der Waals surface area (Å²) in [7, 11) is 0. The fourth-order valence-corrected chi connectivity index (χ4v) is 3.19. The third-order valence-electron chi connectivity index (χ3n) is 5.08. The second kappa shape index (κ2) is 16.6. The highest BCUT2D eigenvalue weighted by atomic mass is 16.6. The molecule has 1 unspecified atom stereocenters. The average molecular weight is 380 g/mol. The largest absolute Gasteiger partial charge is 0.446 e. The molecule has 0 saturated carbocycles.